The Morgan fingerprint density at radius 2 is 2.29 bits per heavy atom. The molecule has 0 unspecified atom stereocenters. The van der Waals surface area contributed by atoms with Gasteiger partial charge in [0.25, 0.3) is 0 Å². The fourth-order valence-electron chi connectivity index (χ4n) is 2.33. The second-order valence-corrected chi connectivity index (χ2v) is 4.99. The molecule has 2 atom stereocenters. The highest BCUT2D eigenvalue weighted by Gasteiger charge is 2.46. The maximum absolute atomic E-state index is 11.5. The lowest BCUT2D eigenvalue weighted by Crippen LogP contribution is -2.07. The van der Waals surface area contributed by atoms with Crippen molar-refractivity contribution in [1.29, 1.82) is 0 Å². The number of ether oxygens (including phenoxy) is 1. The van der Waals surface area contributed by atoms with Crippen LogP contribution in [0.4, 0.5) is 0 Å². The molecule has 1 aromatic rings. The van der Waals surface area contributed by atoms with Gasteiger partial charge in [0.2, 0.25) is 0 Å². The van der Waals surface area contributed by atoms with Crippen LogP contribution in [0.2, 0.25) is 0 Å². The van der Waals surface area contributed by atoms with Crippen molar-refractivity contribution in [2.24, 2.45) is 5.92 Å². The minimum Gasteiger partial charge on any atom is -0.466 e. The predicted molar refractivity (Wildman–Crippen MR) is 63.7 cm³/mol. The van der Waals surface area contributed by atoms with Crippen LogP contribution in [0.3, 0.4) is 0 Å². The molecule has 3 nitrogen and oxygen atoms in total. The summed E-state index contributed by atoms with van der Waals surface area (Å²) in [6.07, 6.45) is 5.48. The molecular weight excluding hydrogens is 214 g/mol. The van der Waals surface area contributed by atoms with E-state index < -0.39 is 0 Å². The molecule has 2 fully saturated rings. The number of pyridine rings is 1. The van der Waals surface area contributed by atoms with Crippen LogP contribution in [0.5, 0.6) is 0 Å². The van der Waals surface area contributed by atoms with E-state index in [4.69, 9.17) is 4.74 Å². The van der Waals surface area contributed by atoms with Gasteiger partial charge in [-0.2, -0.15) is 0 Å². The molecule has 90 valence electrons. The molecule has 0 spiro atoms. The molecule has 0 saturated heterocycles. The Labute approximate surface area is 101 Å². The minimum absolute atomic E-state index is 0.0502. The number of carbonyl (C=O) groups excluding carboxylic acids is 1. The average molecular weight is 231 g/mol. The summed E-state index contributed by atoms with van der Waals surface area (Å²) < 4.78 is 5.02. The third-order valence-electron chi connectivity index (χ3n) is 3.62. The molecule has 0 N–H and O–H groups in total. The monoisotopic (exact) mass is 231 g/mol. The lowest BCUT2D eigenvalue weighted by Gasteiger charge is -2.02. The molecule has 0 aromatic carbocycles. The van der Waals surface area contributed by atoms with E-state index in [1.54, 1.807) is 0 Å². The molecule has 0 bridgehead atoms. The summed E-state index contributed by atoms with van der Waals surface area (Å²) in [5.41, 5.74) is 2.40. The van der Waals surface area contributed by atoms with E-state index in [0.717, 1.165) is 18.0 Å². The first-order valence-electron chi connectivity index (χ1n) is 6.42. The Bertz CT molecular complexity index is 422. The van der Waals surface area contributed by atoms with Crippen LogP contribution in [0.1, 0.15) is 49.3 Å². The molecule has 17 heavy (non-hydrogen) atoms. The quantitative estimate of drug-likeness (QED) is 0.748. The summed E-state index contributed by atoms with van der Waals surface area (Å²) >= 11 is 0. The van der Waals surface area contributed by atoms with E-state index in [9.17, 15) is 4.79 Å². The maximum atomic E-state index is 11.5. The van der Waals surface area contributed by atoms with Crippen LogP contribution in [0, 0.1) is 5.92 Å². The van der Waals surface area contributed by atoms with Crippen LogP contribution in [0.25, 0.3) is 0 Å². The summed E-state index contributed by atoms with van der Waals surface area (Å²) in [7, 11) is 0. The summed E-state index contributed by atoms with van der Waals surface area (Å²) in [6.45, 7) is 2.31. The van der Waals surface area contributed by atoms with E-state index in [0.29, 0.717) is 12.5 Å². The smallest absolute Gasteiger partial charge is 0.309 e. The average Bonchev–Trinajstić information content (AvgIpc) is 3.21. The molecule has 0 amide bonds. The van der Waals surface area contributed by atoms with Crippen LogP contribution in [-0.4, -0.2) is 17.6 Å². The SMILES string of the molecule is CCOC(=O)[C@H]1C[C@H]1c1ccc(C2CC2)cn1. The first kappa shape index (κ1) is 10.8. The number of rotatable bonds is 4. The van der Waals surface area contributed by atoms with Gasteiger partial charge in [-0.3, -0.25) is 9.78 Å². The molecule has 1 heterocycles. The highest BCUT2D eigenvalue weighted by atomic mass is 16.5. The topological polar surface area (TPSA) is 39.2 Å². The second-order valence-electron chi connectivity index (χ2n) is 4.99. The zero-order valence-corrected chi connectivity index (χ0v) is 10.1. The molecule has 0 aliphatic heterocycles. The molecular formula is C14H17NO2. The lowest BCUT2D eigenvalue weighted by molar-refractivity contribution is -0.144. The largest absolute Gasteiger partial charge is 0.466 e. The summed E-state index contributed by atoms with van der Waals surface area (Å²) in [6, 6.07) is 4.25. The van der Waals surface area contributed by atoms with E-state index in [1.807, 2.05) is 13.1 Å². The fraction of sp³-hybridized carbons (Fsp3) is 0.571. The number of nitrogens with zero attached hydrogens (tertiary/aromatic N) is 1. The van der Waals surface area contributed by atoms with Gasteiger partial charge in [0.05, 0.1) is 12.5 Å². The Hall–Kier alpha value is -1.38. The summed E-state index contributed by atoms with van der Waals surface area (Å²) in [5, 5.41) is 0. The minimum atomic E-state index is -0.0643. The Morgan fingerprint density at radius 1 is 1.47 bits per heavy atom. The van der Waals surface area contributed by atoms with E-state index in [1.165, 1.54) is 18.4 Å². The van der Waals surface area contributed by atoms with Crippen molar-refractivity contribution in [3.05, 3.63) is 29.6 Å². The van der Waals surface area contributed by atoms with Crippen molar-refractivity contribution in [3.63, 3.8) is 0 Å². The second kappa shape index (κ2) is 4.13. The van der Waals surface area contributed by atoms with Crippen LogP contribution in [0.15, 0.2) is 18.3 Å². The van der Waals surface area contributed by atoms with E-state index in [2.05, 4.69) is 17.1 Å². The van der Waals surface area contributed by atoms with Gasteiger partial charge in [0.15, 0.2) is 0 Å². The number of hydrogen-bond acceptors (Lipinski definition) is 3. The lowest BCUT2D eigenvalue weighted by atomic mass is 10.1. The summed E-state index contributed by atoms with van der Waals surface area (Å²) in [5.74, 6) is 1.03. The van der Waals surface area contributed by atoms with Gasteiger partial charge in [-0.1, -0.05) is 6.07 Å². The standard InChI is InChI=1S/C14H17NO2/c1-2-17-14(16)12-7-11(12)13-6-5-10(8-15-13)9-3-4-9/h5-6,8-9,11-12H,2-4,7H2,1H3/t11-,12+/m1/s1. The van der Waals surface area contributed by atoms with Crippen molar-refractivity contribution >= 4 is 5.97 Å². The molecule has 2 aliphatic carbocycles. The maximum Gasteiger partial charge on any atom is 0.309 e. The molecule has 0 radical (unpaired) electrons. The fourth-order valence-corrected chi connectivity index (χ4v) is 2.33. The van der Waals surface area contributed by atoms with E-state index >= 15 is 0 Å². The molecule has 2 saturated carbocycles. The van der Waals surface area contributed by atoms with Gasteiger partial charge in [-0.25, -0.2) is 0 Å². The third kappa shape index (κ3) is 2.19. The highest BCUT2D eigenvalue weighted by molar-refractivity contribution is 5.77. The number of esters is 1. The van der Waals surface area contributed by atoms with Gasteiger partial charge >= 0.3 is 5.97 Å². The Balaban J connectivity index is 1.64. The number of hydrogen-bond donors (Lipinski definition) is 0. The van der Waals surface area contributed by atoms with Gasteiger partial charge in [-0.05, 0) is 43.7 Å². The molecule has 3 rings (SSSR count). The molecule has 2 aliphatic rings. The van der Waals surface area contributed by atoms with Crippen molar-refractivity contribution in [1.82, 2.24) is 4.98 Å². The molecule has 1 aromatic heterocycles. The number of aromatic nitrogens is 1. The zero-order chi connectivity index (χ0) is 11.8. The predicted octanol–water partition coefficient (Wildman–Crippen LogP) is 2.63. The van der Waals surface area contributed by atoms with Crippen molar-refractivity contribution < 1.29 is 9.53 Å². The Kier molecular flexibility index (Phi) is 2.61. The summed E-state index contributed by atoms with van der Waals surface area (Å²) in [4.78, 5) is 16.0. The van der Waals surface area contributed by atoms with Crippen molar-refractivity contribution in [2.75, 3.05) is 6.61 Å². The normalized spacial score (nSPS) is 26.6. The number of carbonyl (C=O) groups is 1. The first-order chi connectivity index (χ1) is 8.29. The zero-order valence-electron chi connectivity index (χ0n) is 10.1. The Morgan fingerprint density at radius 3 is 2.88 bits per heavy atom. The van der Waals surface area contributed by atoms with Gasteiger partial charge in [0.1, 0.15) is 0 Å². The van der Waals surface area contributed by atoms with Gasteiger partial charge in [-0.15, -0.1) is 0 Å². The van der Waals surface area contributed by atoms with Gasteiger partial charge < -0.3 is 4.74 Å². The van der Waals surface area contributed by atoms with Crippen LogP contribution in [-0.2, 0) is 9.53 Å². The van der Waals surface area contributed by atoms with Crippen molar-refractivity contribution in [2.45, 2.75) is 38.0 Å². The molecule has 3 heteroatoms. The first-order valence-corrected chi connectivity index (χ1v) is 6.42. The van der Waals surface area contributed by atoms with Crippen LogP contribution >= 0.6 is 0 Å². The van der Waals surface area contributed by atoms with Crippen LogP contribution < -0.4 is 0 Å². The van der Waals surface area contributed by atoms with E-state index in [-0.39, 0.29) is 11.9 Å². The third-order valence-corrected chi connectivity index (χ3v) is 3.62. The van der Waals surface area contributed by atoms with Gasteiger partial charge in [0, 0.05) is 17.8 Å². The highest BCUT2D eigenvalue weighted by Crippen LogP contribution is 2.48. The van der Waals surface area contributed by atoms with Crippen molar-refractivity contribution in [3.8, 4) is 0 Å².